The van der Waals surface area contributed by atoms with E-state index in [0.717, 1.165) is 10.6 Å². The third-order valence-electron chi connectivity index (χ3n) is 3.29. The lowest BCUT2D eigenvalue weighted by atomic mass is 10.2. The highest BCUT2D eigenvalue weighted by Crippen LogP contribution is 2.57. The maximum Gasteiger partial charge on any atom is 0.124 e. The zero-order valence-corrected chi connectivity index (χ0v) is 13.2. The van der Waals surface area contributed by atoms with Gasteiger partial charge >= 0.3 is 0 Å². The highest BCUT2D eigenvalue weighted by molar-refractivity contribution is 8.22. The zero-order valence-electron chi connectivity index (χ0n) is 11.5. The Hall–Kier alpha value is -1.11. The lowest BCUT2D eigenvalue weighted by Crippen LogP contribution is -2.30. The van der Waals surface area contributed by atoms with Crippen LogP contribution < -0.4 is 10.6 Å². The minimum absolute atomic E-state index is 0.0808. The molecule has 0 aliphatic carbocycles. The predicted octanol–water partition coefficient (Wildman–Crippen LogP) is 3.62. The van der Waals surface area contributed by atoms with E-state index in [-0.39, 0.29) is 5.16 Å². The van der Waals surface area contributed by atoms with Gasteiger partial charge in [-0.1, -0.05) is 75.0 Å². The molecule has 0 radical (unpaired) electrons. The quantitative estimate of drug-likeness (QED) is 0.852. The summed E-state index contributed by atoms with van der Waals surface area (Å²) in [7, 11) is 0. The topological polar surface area (TPSA) is 20.2 Å². The summed E-state index contributed by atoms with van der Waals surface area (Å²) in [4.78, 5) is 0. The fourth-order valence-corrected chi connectivity index (χ4v) is 6.15. The lowest BCUT2D eigenvalue weighted by molar-refractivity contribution is 0.479. The van der Waals surface area contributed by atoms with Crippen LogP contribution in [0.1, 0.15) is 20.8 Å². The molecule has 19 heavy (non-hydrogen) atoms. The van der Waals surface area contributed by atoms with Gasteiger partial charge in [-0.05, 0) is 22.6 Å². The molecule has 1 N–H and O–H groups in total. The minimum Gasteiger partial charge on any atom is -0.507 e. The first-order valence-electron chi connectivity index (χ1n) is 6.32. The predicted molar refractivity (Wildman–Crippen MR) is 87.9 cm³/mol. The molecule has 0 bridgehead atoms. The molecule has 1 nitrogen and oxygen atoms in total. The summed E-state index contributed by atoms with van der Waals surface area (Å²) in [5, 5.41) is 12.2. The molecule has 0 spiro atoms. The van der Waals surface area contributed by atoms with Crippen molar-refractivity contribution in [3.8, 4) is 5.75 Å². The highest BCUT2D eigenvalue weighted by atomic mass is 32.4. The zero-order chi connectivity index (χ0) is 14.1. The molecular weight excluding hydrogens is 271 g/mol. The van der Waals surface area contributed by atoms with Crippen LogP contribution in [-0.4, -0.2) is 10.3 Å². The summed E-state index contributed by atoms with van der Waals surface area (Å²) < 4.78 is 0. The first-order valence-corrected chi connectivity index (χ1v) is 9.12. The molecule has 0 saturated heterocycles. The standard InChI is InChI=1S/C16H19OPS/c1-16(2,3)18(19,13-9-5-4-6-10-13)15-12-8-7-11-14(15)17/h4-12,17H,1-3H3/t18-/m1/s1. The molecule has 0 heterocycles. The van der Waals surface area contributed by atoms with Crippen LogP contribution in [0.3, 0.4) is 0 Å². The summed E-state index contributed by atoms with van der Waals surface area (Å²) in [6.07, 6.45) is 0. The second-order valence-corrected chi connectivity index (χ2v) is 10.8. The van der Waals surface area contributed by atoms with Crippen molar-refractivity contribution >= 4 is 28.5 Å². The van der Waals surface area contributed by atoms with Gasteiger partial charge in [0.05, 0.1) is 0 Å². The number of para-hydroxylation sites is 1. The second-order valence-electron chi connectivity index (χ2n) is 5.60. The molecule has 0 aliphatic heterocycles. The number of phenols is 1. The van der Waals surface area contributed by atoms with Crippen molar-refractivity contribution < 1.29 is 5.11 Å². The van der Waals surface area contributed by atoms with Gasteiger partial charge in [0, 0.05) is 11.3 Å². The molecule has 3 heteroatoms. The molecule has 0 unspecified atom stereocenters. The first kappa shape index (κ1) is 14.3. The molecule has 2 aromatic rings. The van der Waals surface area contributed by atoms with Crippen LogP contribution in [-0.2, 0) is 11.8 Å². The van der Waals surface area contributed by atoms with E-state index < -0.39 is 6.04 Å². The molecule has 0 aromatic heterocycles. The van der Waals surface area contributed by atoms with Crippen LogP contribution in [0, 0.1) is 0 Å². The molecule has 0 aliphatic rings. The number of benzene rings is 2. The number of phenolic OH excluding ortho intramolecular Hbond substituents is 1. The Morgan fingerprint density at radius 3 is 1.95 bits per heavy atom. The SMILES string of the molecule is CC(C)(C)[P@@](=S)(c1ccccc1)c1ccccc1O. The first-order chi connectivity index (χ1) is 8.87. The van der Waals surface area contributed by atoms with Crippen LogP contribution in [0.2, 0.25) is 0 Å². The summed E-state index contributed by atoms with van der Waals surface area (Å²) in [5.74, 6) is 0.310. The monoisotopic (exact) mass is 290 g/mol. The third kappa shape index (κ3) is 2.48. The van der Waals surface area contributed by atoms with Crippen molar-refractivity contribution in [2.24, 2.45) is 0 Å². The van der Waals surface area contributed by atoms with Crippen molar-refractivity contribution in [2.45, 2.75) is 25.9 Å². The molecule has 2 rings (SSSR count). The van der Waals surface area contributed by atoms with Crippen LogP contribution in [0.25, 0.3) is 0 Å². The largest absolute Gasteiger partial charge is 0.507 e. The Labute approximate surface area is 120 Å². The Balaban J connectivity index is 2.75. The fourth-order valence-electron chi connectivity index (χ4n) is 2.26. The molecule has 100 valence electrons. The molecule has 1 atom stereocenters. The number of aromatic hydroxyl groups is 1. The van der Waals surface area contributed by atoms with Gasteiger partial charge in [-0.2, -0.15) is 0 Å². The van der Waals surface area contributed by atoms with E-state index in [1.807, 2.05) is 36.4 Å². The van der Waals surface area contributed by atoms with Gasteiger partial charge in [0.1, 0.15) is 5.75 Å². The van der Waals surface area contributed by atoms with E-state index in [4.69, 9.17) is 11.8 Å². The lowest BCUT2D eigenvalue weighted by Gasteiger charge is -2.36. The molecule has 0 saturated carbocycles. The Kier molecular flexibility index (Phi) is 3.85. The number of hydrogen-bond acceptors (Lipinski definition) is 2. The summed E-state index contributed by atoms with van der Waals surface area (Å²) in [6.45, 7) is 6.48. The van der Waals surface area contributed by atoms with Crippen LogP contribution >= 0.6 is 6.04 Å². The van der Waals surface area contributed by atoms with E-state index in [1.54, 1.807) is 6.07 Å². The molecular formula is C16H19OPS. The van der Waals surface area contributed by atoms with Crippen LogP contribution in [0.4, 0.5) is 0 Å². The average molecular weight is 290 g/mol. The fraction of sp³-hybridized carbons (Fsp3) is 0.250. The van der Waals surface area contributed by atoms with Gasteiger partial charge in [0.15, 0.2) is 0 Å². The summed E-state index contributed by atoms with van der Waals surface area (Å²) in [5.41, 5.74) is 0. The van der Waals surface area contributed by atoms with E-state index in [0.29, 0.717) is 5.75 Å². The number of rotatable bonds is 2. The van der Waals surface area contributed by atoms with Crippen LogP contribution in [0.5, 0.6) is 5.75 Å². The Morgan fingerprint density at radius 2 is 1.42 bits per heavy atom. The highest BCUT2D eigenvalue weighted by Gasteiger charge is 2.36. The Morgan fingerprint density at radius 1 is 0.895 bits per heavy atom. The van der Waals surface area contributed by atoms with Crippen molar-refractivity contribution in [2.75, 3.05) is 0 Å². The van der Waals surface area contributed by atoms with E-state index in [2.05, 4.69) is 32.9 Å². The Bertz CT molecular complexity index is 614. The van der Waals surface area contributed by atoms with Gasteiger partial charge < -0.3 is 5.11 Å². The number of hydrogen-bond donors (Lipinski definition) is 1. The third-order valence-corrected chi connectivity index (χ3v) is 10.1. The van der Waals surface area contributed by atoms with E-state index in [9.17, 15) is 5.11 Å². The maximum atomic E-state index is 10.2. The minimum atomic E-state index is -2.06. The molecule has 0 fully saturated rings. The maximum absolute atomic E-state index is 10.2. The average Bonchev–Trinajstić information content (AvgIpc) is 2.38. The van der Waals surface area contributed by atoms with Crippen molar-refractivity contribution in [1.82, 2.24) is 0 Å². The van der Waals surface area contributed by atoms with Gasteiger partial charge in [-0.25, -0.2) is 0 Å². The van der Waals surface area contributed by atoms with Gasteiger partial charge in [0.2, 0.25) is 0 Å². The normalized spacial score (nSPS) is 14.9. The smallest absolute Gasteiger partial charge is 0.124 e. The second kappa shape index (κ2) is 5.11. The van der Waals surface area contributed by atoms with Gasteiger partial charge in [0.25, 0.3) is 0 Å². The van der Waals surface area contributed by atoms with Crippen molar-refractivity contribution in [1.29, 1.82) is 0 Å². The summed E-state index contributed by atoms with van der Waals surface area (Å²) in [6, 6.07) is 15.6. The van der Waals surface area contributed by atoms with E-state index >= 15 is 0 Å². The van der Waals surface area contributed by atoms with Crippen molar-refractivity contribution in [3.63, 3.8) is 0 Å². The molecule has 2 aromatic carbocycles. The van der Waals surface area contributed by atoms with Gasteiger partial charge in [-0.15, -0.1) is 0 Å². The van der Waals surface area contributed by atoms with E-state index in [1.165, 1.54) is 0 Å². The van der Waals surface area contributed by atoms with Crippen LogP contribution in [0.15, 0.2) is 54.6 Å². The summed E-state index contributed by atoms with van der Waals surface area (Å²) >= 11 is 6.11. The van der Waals surface area contributed by atoms with Gasteiger partial charge in [-0.3, -0.25) is 0 Å². The van der Waals surface area contributed by atoms with Crippen molar-refractivity contribution in [3.05, 3.63) is 54.6 Å². The molecule has 0 amide bonds.